The molecule has 2 heterocycles. The van der Waals surface area contributed by atoms with Gasteiger partial charge in [-0.15, -0.1) is 0 Å². The summed E-state index contributed by atoms with van der Waals surface area (Å²) in [7, 11) is 0. The van der Waals surface area contributed by atoms with E-state index in [4.69, 9.17) is 11.6 Å². The Hall–Kier alpha value is -2.47. The summed E-state index contributed by atoms with van der Waals surface area (Å²) >= 11 is 6.50. The van der Waals surface area contributed by atoms with Gasteiger partial charge < -0.3 is 19.7 Å². The zero-order valence-electron chi connectivity index (χ0n) is 17.3. The van der Waals surface area contributed by atoms with Crippen molar-refractivity contribution >= 4 is 23.5 Å². The quantitative estimate of drug-likeness (QED) is 0.776. The highest BCUT2D eigenvalue weighted by molar-refractivity contribution is 6.31. The number of carbonyl (C=O) groups is 2. The normalized spacial score (nSPS) is 15.9. The second-order valence-corrected chi connectivity index (χ2v) is 8.00. The number of carbonyl (C=O) groups excluding carboxylic acids is 2. The fourth-order valence-corrected chi connectivity index (χ4v) is 3.97. The van der Waals surface area contributed by atoms with Crippen molar-refractivity contribution in [3.8, 4) is 0 Å². The minimum absolute atomic E-state index is 0.0366. The molecular weight excluding hydrogens is 388 g/mol. The summed E-state index contributed by atoms with van der Waals surface area (Å²) in [5.74, 6) is -0.0808. The summed E-state index contributed by atoms with van der Waals surface area (Å²) in [5, 5.41) is 3.51. The molecule has 1 aliphatic rings. The van der Waals surface area contributed by atoms with Crippen LogP contribution < -0.4 is 5.32 Å². The van der Waals surface area contributed by atoms with Gasteiger partial charge >= 0.3 is 6.03 Å². The molecule has 1 unspecified atom stereocenters. The minimum Gasteiger partial charge on any atom is -0.348 e. The van der Waals surface area contributed by atoms with E-state index in [-0.39, 0.29) is 30.6 Å². The molecule has 0 bridgehead atoms. The Balaban J connectivity index is 1.88. The predicted molar refractivity (Wildman–Crippen MR) is 115 cm³/mol. The molecule has 1 aliphatic heterocycles. The number of nitrogens with zero attached hydrogens (tertiary/aromatic N) is 3. The van der Waals surface area contributed by atoms with Crippen molar-refractivity contribution in [2.24, 2.45) is 0 Å². The van der Waals surface area contributed by atoms with Gasteiger partial charge in [-0.25, -0.2) is 4.79 Å². The van der Waals surface area contributed by atoms with E-state index in [0.717, 1.165) is 24.2 Å². The number of urea groups is 1. The van der Waals surface area contributed by atoms with Crippen LogP contribution in [0.3, 0.4) is 0 Å². The Morgan fingerprint density at radius 1 is 1.21 bits per heavy atom. The SMILES string of the molecule is CCCNC(=O)N(CC(=O)N1CCn2cccc2C1c1ccccc1Cl)C(C)C. The Morgan fingerprint density at radius 3 is 2.66 bits per heavy atom. The van der Waals surface area contributed by atoms with Gasteiger partial charge in [0.05, 0.1) is 6.04 Å². The molecule has 0 radical (unpaired) electrons. The smallest absolute Gasteiger partial charge is 0.318 e. The van der Waals surface area contributed by atoms with Gasteiger partial charge in [-0.05, 0) is 44.0 Å². The lowest BCUT2D eigenvalue weighted by atomic mass is 9.99. The van der Waals surface area contributed by atoms with E-state index in [0.29, 0.717) is 18.1 Å². The van der Waals surface area contributed by atoms with Crippen LogP contribution in [0, 0.1) is 0 Å². The van der Waals surface area contributed by atoms with E-state index < -0.39 is 0 Å². The highest BCUT2D eigenvalue weighted by atomic mass is 35.5. The molecule has 0 fully saturated rings. The second-order valence-electron chi connectivity index (χ2n) is 7.59. The van der Waals surface area contributed by atoms with Crippen molar-refractivity contribution in [1.29, 1.82) is 0 Å². The first-order chi connectivity index (χ1) is 13.9. The van der Waals surface area contributed by atoms with Gasteiger partial charge in [0.15, 0.2) is 0 Å². The molecule has 1 aromatic heterocycles. The number of hydrogen-bond acceptors (Lipinski definition) is 2. The van der Waals surface area contributed by atoms with Crippen LogP contribution in [0.1, 0.15) is 44.5 Å². The van der Waals surface area contributed by atoms with Crippen molar-refractivity contribution in [1.82, 2.24) is 19.7 Å². The van der Waals surface area contributed by atoms with Gasteiger partial charge in [0.25, 0.3) is 0 Å². The summed E-state index contributed by atoms with van der Waals surface area (Å²) in [6.07, 6.45) is 2.88. The maximum absolute atomic E-state index is 13.4. The van der Waals surface area contributed by atoms with Crippen molar-refractivity contribution < 1.29 is 9.59 Å². The van der Waals surface area contributed by atoms with Crippen LogP contribution in [0.5, 0.6) is 0 Å². The maximum atomic E-state index is 13.4. The van der Waals surface area contributed by atoms with Gasteiger partial charge in [0.2, 0.25) is 5.91 Å². The van der Waals surface area contributed by atoms with Crippen molar-refractivity contribution in [2.75, 3.05) is 19.6 Å². The summed E-state index contributed by atoms with van der Waals surface area (Å²) in [5.41, 5.74) is 1.93. The zero-order valence-corrected chi connectivity index (χ0v) is 18.0. The van der Waals surface area contributed by atoms with Gasteiger partial charge in [0.1, 0.15) is 6.54 Å². The average Bonchev–Trinajstić information content (AvgIpc) is 3.18. The molecular formula is C22H29ClN4O2. The minimum atomic E-state index is -0.271. The molecule has 6 nitrogen and oxygen atoms in total. The van der Waals surface area contributed by atoms with Crippen LogP contribution in [0.15, 0.2) is 42.6 Å². The van der Waals surface area contributed by atoms with Gasteiger partial charge in [-0.2, -0.15) is 0 Å². The zero-order chi connectivity index (χ0) is 21.0. The van der Waals surface area contributed by atoms with Gasteiger partial charge in [-0.1, -0.05) is 36.7 Å². The molecule has 2 aromatic rings. The summed E-state index contributed by atoms with van der Waals surface area (Å²) in [6.45, 7) is 7.77. The van der Waals surface area contributed by atoms with Crippen LogP contribution in [0.2, 0.25) is 5.02 Å². The number of fused-ring (bicyclic) bond motifs is 1. The standard InChI is InChI=1S/C22H29ClN4O2/c1-4-11-24-22(29)27(16(2)3)15-20(28)26-14-13-25-12-7-10-19(25)21(26)17-8-5-6-9-18(17)23/h5-10,12,16,21H,4,11,13-15H2,1-3H3,(H,24,29). The third kappa shape index (κ3) is 4.58. The Bertz CT molecular complexity index is 864. The fraction of sp³-hybridized carbons (Fsp3) is 0.455. The van der Waals surface area contributed by atoms with E-state index in [1.54, 1.807) is 4.90 Å². The highest BCUT2D eigenvalue weighted by Gasteiger charge is 2.34. The van der Waals surface area contributed by atoms with E-state index >= 15 is 0 Å². The molecule has 1 atom stereocenters. The predicted octanol–water partition coefficient (Wildman–Crippen LogP) is 3.90. The molecule has 156 valence electrons. The lowest BCUT2D eigenvalue weighted by Gasteiger charge is -2.39. The number of hydrogen-bond donors (Lipinski definition) is 1. The first-order valence-electron chi connectivity index (χ1n) is 10.2. The number of benzene rings is 1. The molecule has 3 amide bonds. The Labute approximate surface area is 177 Å². The van der Waals surface area contributed by atoms with Crippen LogP contribution in [0.25, 0.3) is 0 Å². The van der Waals surface area contributed by atoms with Crippen molar-refractivity contribution in [2.45, 2.75) is 45.8 Å². The third-order valence-electron chi connectivity index (χ3n) is 5.27. The molecule has 0 aliphatic carbocycles. The molecule has 29 heavy (non-hydrogen) atoms. The number of aromatic nitrogens is 1. The highest BCUT2D eigenvalue weighted by Crippen LogP contribution is 2.36. The maximum Gasteiger partial charge on any atom is 0.318 e. The first-order valence-corrected chi connectivity index (χ1v) is 10.5. The van der Waals surface area contributed by atoms with Crippen molar-refractivity contribution in [3.63, 3.8) is 0 Å². The molecule has 1 aromatic carbocycles. The number of halogens is 1. The summed E-state index contributed by atoms with van der Waals surface area (Å²) in [4.78, 5) is 29.4. The molecule has 0 spiro atoms. The Morgan fingerprint density at radius 2 is 1.97 bits per heavy atom. The van der Waals surface area contributed by atoms with Crippen LogP contribution in [0.4, 0.5) is 4.79 Å². The average molecular weight is 417 g/mol. The molecule has 0 saturated heterocycles. The summed E-state index contributed by atoms with van der Waals surface area (Å²) < 4.78 is 2.16. The largest absolute Gasteiger partial charge is 0.348 e. The molecule has 7 heteroatoms. The van der Waals surface area contributed by atoms with E-state index in [2.05, 4.69) is 9.88 Å². The number of nitrogens with one attached hydrogen (secondary N) is 1. The van der Waals surface area contributed by atoms with Gasteiger partial charge in [0, 0.05) is 42.6 Å². The number of amides is 3. The fourth-order valence-electron chi connectivity index (χ4n) is 3.74. The topological polar surface area (TPSA) is 57.6 Å². The van der Waals surface area contributed by atoms with Gasteiger partial charge in [-0.3, -0.25) is 4.79 Å². The summed E-state index contributed by atoms with van der Waals surface area (Å²) in [6, 6.07) is 11.1. The van der Waals surface area contributed by atoms with Crippen LogP contribution >= 0.6 is 11.6 Å². The van der Waals surface area contributed by atoms with E-state index in [9.17, 15) is 9.59 Å². The van der Waals surface area contributed by atoms with Crippen LogP contribution in [-0.2, 0) is 11.3 Å². The van der Waals surface area contributed by atoms with E-state index in [1.807, 2.05) is 68.3 Å². The first kappa shape index (κ1) is 21.2. The Kier molecular flexibility index (Phi) is 6.85. The second kappa shape index (κ2) is 9.35. The monoisotopic (exact) mass is 416 g/mol. The van der Waals surface area contributed by atoms with Crippen LogP contribution in [-0.4, -0.2) is 52.0 Å². The lowest BCUT2D eigenvalue weighted by molar-refractivity contribution is -0.134. The van der Waals surface area contributed by atoms with E-state index in [1.165, 1.54) is 0 Å². The molecule has 3 rings (SSSR count). The lowest BCUT2D eigenvalue weighted by Crippen LogP contribution is -2.52. The molecule has 0 saturated carbocycles. The van der Waals surface area contributed by atoms with Crippen molar-refractivity contribution in [3.05, 3.63) is 58.9 Å². The molecule has 1 N–H and O–H groups in total. The number of rotatable bonds is 6. The third-order valence-corrected chi connectivity index (χ3v) is 5.62.